The minimum Gasteiger partial charge on any atom is -0.457 e. The fraction of sp³-hybridized carbons (Fsp3) is 0.560. The second-order valence-corrected chi connectivity index (χ2v) is 9.74. The molecule has 5 rings (SSSR count). The number of rotatable bonds is 4. The number of cyclic esters (lactones) is 2. The van der Waals surface area contributed by atoms with Gasteiger partial charge in [0, 0.05) is 18.2 Å². The first-order valence-corrected chi connectivity index (χ1v) is 11.6. The fourth-order valence-electron chi connectivity index (χ4n) is 5.80. The van der Waals surface area contributed by atoms with Crippen molar-refractivity contribution >= 4 is 17.8 Å². The van der Waals surface area contributed by atoms with Gasteiger partial charge < -0.3 is 19.5 Å². The molecule has 2 saturated heterocycles. The summed E-state index contributed by atoms with van der Waals surface area (Å²) in [5.74, 6) is -0.547. The first-order chi connectivity index (χ1) is 15.7. The summed E-state index contributed by atoms with van der Waals surface area (Å²) < 4.78 is 10.2. The number of hydrogen-bond donors (Lipinski definition) is 1. The van der Waals surface area contributed by atoms with E-state index in [1.807, 2.05) is 19.9 Å². The molecule has 1 aromatic rings. The van der Waals surface area contributed by atoms with Gasteiger partial charge in [-0.2, -0.15) is 0 Å². The van der Waals surface area contributed by atoms with Crippen molar-refractivity contribution in [2.24, 2.45) is 5.41 Å². The van der Waals surface area contributed by atoms with Crippen molar-refractivity contribution in [2.75, 3.05) is 26.2 Å². The molecule has 1 N–H and O–H groups in total. The molecule has 4 aliphatic heterocycles. The standard InChI is InChI=1S/C25H30N2O6/c1-14-17(4-5-18-19(14)12-32-23(18)30)21(28)16(3)26-9-6-25(7-10-26)8-11-27(24(25)31)20-13-33-22(29)15(20)2/h4-5,16,21,28H,6-13H2,1-3H3/t16-,21-/m0/s1. The summed E-state index contributed by atoms with van der Waals surface area (Å²) in [6.07, 6.45) is 1.53. The Balaban J connectivity index is 1.27. The lowest BCUT2D eigenvalue weighted by Crippen LogP contribution is -2.48. The van der Waals surface area contributed by atoms with E-state index in [4.69, 9.17) is 9.47 Å². The second kappa shape index (κ2) is 7.95. The molecule has 8 heteroatoms. The van der Waals surface area contributed by atoms with Crippen LogP contribution in [0.15, 0.2) is 23.4 Å². The number of aliphatic hydroxyl groups is 1. The van der Waals surface area contributed by atoms with Gasteiger partial charge in [-0.3, -0.25) is 9.69 Å². The highest BCUT2D eigenvalue weighted by molar-refractivity contribution is 5.94. The Hall–Kier alpha value is -2.71. The lowest BCUT2D eigenvalue weighted by Gasteiger charge is -2.42. The predicted molar refractivity (Wildman–Crippen MR) is 118 cm³/mol. The number of piperidine rings is 1. The molecular weight excluding hydrogens is 424 g/mol. The Labute approximate surface area is 193 Å². The molecule has 2 atom stereocenters. The number of carbonyl (C=O) groups is 3. The van der Waals surface area contributed by atoms with Gasteiger partial charge in [-0.05, 0) is 70.3 Å². The van der Waals surface area contributed by atoms with Crippen LogP contribution in [-0.4, -0.2) is 65.0 Å². The van der Waals surface area contributed by atoms with E-state index in [-0.39, 0.29) is 37.1 Å². The zero-order valence-electron chi connectivity index (χ0n) is 19.3. The maximum Gasteiger partial charge on any atom is 0.338 e. The van der Waals surface area contributed by atoms with Crippen LogP contribution in [0.3, 0.4) is 0 Å². The van der Waals surface area contributed by atoms with Gasteiger partial charge in [0.2, 0.25) is 5.91 Å². The van der Waals surface area contributed by atoms with E-state index in [2.05, 4.69) is 4.90 Å². The summed E-state index contributed by atoms with van der Waals surface area (Å²) in [5, 5.41) is 11.2. The minimum absolute atomic E-state index is 0.0992. The molecule has 0 saturated carbocycles. The topological polar surface area (TPSA) is 96.4 Å². The number of amides is 1. The van der Waals surface area contributed by atoms with Crippen LogP contribution < -0.4 is 0 Å². The van der Waals surface area contributed by atoms with Gasteiger partial charge in [-0.15, -0.1) is 0 Å². The molecule has 2 fully saturated rings. The van der Waals surface area contributed by atoms with Gasteiger partial charge in [0.15, 0.2) is 0 Å². The molecular formula is C25H30N2O6. The lowest BCUT2D eigenvalue weighted by molar-refractivity contribution is -0.139. The summed E-state index contributed by atoms with van der Waals surface area (Å²) in [5.41, 5.74) is 4.01. The summed E-state index contributed by atoms with van der Waals surface area (Å²) >= 11 is 0. The third-order valence-electron chi connectivity index (χ3n) is 8.23. The Bertz CT molecular complexity index is 1070. The zero-order chi connectivity index (χ0) is 23.5. The normalized spacial score (nSPS) is 24.4. The molecule has 0 radical (unpaired) electrons. The van der Waals surface area contributed by atoms with Crippen LogP contribution in [0.2, 0.25) is 0 Å². The van der Waals surface area contributed by atoms with E-state index in [1.165, 1.54) is 0 Å². The lowest BCUT2D eigenvalue weighted by atomic mass is 9.76. The fourth-order valence-corrected chi connectivity index (χ4v) is 5.80. The van der Waals surface area contributed by atoms with Crippen molar-refractivity contribution in [3.8, 4) is 0 Å². The van der Waals surface area contributed by atoms with Crippen LogP contribution in [0, 0.1) is 12.3 Å². The van der Waals surface area contributed by atoms with Crippen molar-refractivity contribution in [1.29, 1.82) is 0 Å². The summed E-state index contributed by atoms with van der Waals surface area (Å²) in [4.78, 5) is 40.9. The van der Waals surface area contributed by atoms with Crippen molar-refractivity contribution in [3.05, 3.63) is 45.7 Å². The summed E-state index contributed by atoms with van der Waals surface area (Å²) in [6, 6.07) is 3.44. The highest BCUT2D eigenvalue weighted by Gasteiger charge is 2.50. The van der Waals surface area contributed by atoms with E-state index in [0.29, 0.717) is 23.4 Å². The van der Waals surface area contributed by atoms with E-state index in [0.717, 1.165) is 49.0 Å². The number of esters is 2. The van der Waals surface area contributed by atoms with Gasteiger partial charge in [-0.1, -0.05) is 6.07 Å². The van der Waals surface area contributed by atoms with Crippen molar-refractivity contribution in [3.63, 3.8) is 0 Å². The van der Waals surface area contributed by atoms with Crippen molar-refractivity contribution in [2.45, 2.75) is 58.8 Å². The third kappa shape index (κ3) is 3.38. The van der Waals surface area contributed by atoms with E-state index in [1.54, 1.807) is 17.9 Å². The minimum atomic E-state index is -0.703. The van der Waals surface area contributed by atoms with Crippen molar-refractivity contribution in [1.82, 2.24) is 9.80 Å². The van der Waals surface area contributed by atoms with E-state index in [9.17, 15) is 19.5 Å². The number of carbonyl (C=O) groups excluding carboxylic acids is 3. The molecule has 1 aromatic carbocycles. The van der Waals surface area contributed by atoms with Gasteiger partial charge in [-0.25, -0.2) is 9.59 Å². The highest BCUT2D eigenvalue weighted by Crippen LogP contribution is 2.44. The largest absolute Gasteiger partial charge is 0.457 e. The van der Waals surface area contributed by atoms with Crippen LogP contribution in [0.5, 0.6) is 0 Å². The third-order valence-corrected chi connectivity index (χ3v) is 8.23. The molecule has 8 nitrogen and oxygen atoms in total. The van der Waals surface area contributed by atoms with E-state index < -0.39 is 11.5 Å². The number of ether oxygens (including phenoxy) is 2. The summed E-state index contributed by atoms with van der Waals surface area (Å²) in [7, 11) is 0. The molecule has 0 unspecified atom stereocenters. The Kier molecular flexibility index (Phi) is 5.33. The molecule has 33 heavy (non-hydrogen) atoms. The van der Waals surface area contributed by atoms with Crippen LogP contribution in [0.25, 0.3) is 0 Å². The van der Waals surface area contributed by atoms with Gasteiger partial charge in [0.1, 0.15) is 13.2 Å². The average molecular weight is 455 g/mol. The predicted octanol–water partition coefficient (Wildman–Crippen LogP) is 2.23. The van der Waals surface area contributed by atoms with Crippen LogP contribution in [0.4, 0.5) is 0 Å². The van der Waals surface area contributed by atoms with Gasteiger partial charge in [0.25, 0.3) is 0 Å². The smallest absolute Gasteiger partial charge is 0.338 e. The van der Waals surface area contributed by atoms with Gasteiger partial charge in [0.05, 0.1) is 28.4 Å². The molecule has 0 bridgehead atoms. The maximum absolute atomic E-state index is 13.4. The number of fused-ring (bicyclic) bond motifs is 1. The molecule has 4 aliphatic rings. The average Bonchev–Trinajstić information content (AvgIpc) is 3.45. The highest BCUT2D eigenvalue weighted by atomic mass is 16.5. The molecule has 1 spiro atoms. The summed E-state index contributed by atoms with van der Waals surface area (Å²) in [6.45, 7) is 8.15. The second-order valence-electron chi connectivity index (χ2n) is 9.74. The zero-order valence-corrected chi connectivity index (χ0v) is 19.3. The first kappa shape index (κ1) is 22.1. The van der Waals surface area contributed by atoms with Gasteiger partial charge >= 0.3 is 11.9 Å². The van der Waals surface area contributed by atoms with Crippen LogP contribution in [-0.2, 0) is 25.7 Å². The van der Waals surface area contributed by atoms with E-state index >= 15 is 0 Å². The Morgan fingerprint density at radius 1 is 0.970 bits per heavy atom. The maximum atomic E-state index is 13.4. The molecule has 4 heterocycles. The molecule has 0 aliphatic carbocycles. The number of aliphatic hydroxyl groups excluding tert-OH is 1. The molecule has 1 amide bonds. The Morgan fingerprint density at radius 3 is 2.30 bits per heavy atom. The SMILES string of the molecule is CC1=C(N2CCC3(CCN([C@@H](C)[C@H](O)c4ccc5c(c4C)COC5=O)CC3)C2=O)COC1=O. The first-order valence-electron chi connectivity index (χ1n) is 11.6. The van der Waals surface area contributed by atoms with Crippen molar-refractivity contribution < 1.29 is 29.0 Å². The molecule has 0 aromatic heterocycles. The quantitative estimate of drug-likeness (QED) is 0.697. The number of likely N-dealkylation sites (tertiary alicyclic amines) is 2. The monoisotopic (exact) mass is 454 g/mol. The Morgan fingerprint density at radius 2 is 1.64 bits per heavy atom. The number of hydrogen-bond acceptors (Lipinski definition) is 7. The number of benzene rings is 1. The van der Waals surface area contributed by atoms with Crippen LogP contribution in [0.1, 0.15) is 66.3 Å². The van der Waals surface area contributed by atoms with Crippen LogP contribution >= 0.6 is 0 Å². The number of nitrogens with zero attached hydrogens (tertiary/aromatic N) is 2. The molecule has 176 valence electrons.